The molecule has 1 aliphatic rings. The van der Waals surface area contributed by atoms with Gasteiger partial charge in [-0.25, -0.2) is 12.8 Å². The third kappa shape index (κ3) is 3.06. The Morgan fingerprint density at radius 1 is 1.05 bits per heavy atom. The fourth-order valence-electron chi connectivity index (χ4n) is 2.15. The normalized spacial score (nSPS) is 18.0. The van der Waals surface area contributed by atoms with Crippen LogP contribution < -0.4 is 4.90 Å². The predicted octanol–water partition coefficient (Wildman–Crippen LogP) is 1.69. The van der Waals surface area contributed by atoms with E-state index in [4.69, 9.17) is 0 Å². The Balaban J connectivity index is 2.02. The standard InChI is InChI=1S/C13H19FN2O2S/c1-11(2)19(17,18)16-9-7-15(8-10-16)13-5-3-12(14)4-6-13/h3-6,11H,7-10H2,1-2H3. The zero-order chi connectivity index (χ0) is 14.0. The van der Waals surface area contributed by atoms with Crippen LogP contribution in [-0.4, -0.2) is 44.2 Å². The quantitative estimate of drug-likeness (QED) is 0.849. The highest BCUT2D eigenvalue weighted by Crippen LogP contribution is 2.19. The van der Waals surface area contributed by atoms with Crippen molar-refractivity contribution in [2.24, 2.45) is 0 Å². The summed E-state index contributed by atoms with van der Waals surface area (Å²) in [5.41, 5.74) is 0.933. The van der Waals surface area contributed by atoms with Crippen LogP contribution in [0.2, 0.25) is 0 Å². The molecule has 2 rings (SSSR count). The van der Waals surface area contributed by atoms with Gasteiger partial charge in [-0.15, -0.1) is 0 Å². The van der Waals surface area contributed by atoms with Gasteiger partial charge in [-0.05, 0) is 38.1 Å². The molecule has 0 spiro atoms. The lowest BCUT2D eigenvalue weighted by molar-refractivity contribution is 0.381. The number of hydrogen-bond donors (Lipinski definition) is 0. The zero-order valence-electron chi connectivity index (χ0n) is 11.2. The van der Waals surface area contributed by atoms with Gasteiger partial charge in [0.15, 0.2) is 0 Å². The molecule has 4 nitrogen and oxygen atoms in total. The Morgan fingerprint density at radius 3 is 2.05 bits per heavy atom. The van der Waals surface area contributed by atoms with Gasteiger partial charge in [0.2, 0.25) is 10.0 Å². The SMILES string of the molecule is CC(C)S(=O)(=O)N1CCN(c2ccc(F)cc2)CC1. The summed E-state index contributed by atoms with van der Waals surface area (Å²) in [6.45, 7) is 5.63. The second kappa shape index (κ2) is 5.46. The molecule has 0 aromatic heterocycles. The van der Waals surface area contributed by atoms with Crippen molar-refractivity contribution in [3.05, 3.63) is 30.1 Å². The molecule has 0 radical (unpaired) electrons. The number of hydrogen-bond acceptors (Lipinski definition) is 3. The number of nitrogens with zero attached hydrogens (tertiary/aromatic N) is 2. The minimum Gasteiger partial charge on any atom is -0.369 e. The van der Waals surface area contributed by atoms with E-state index in [1.807, 2.05) is 0 Å². The number of halogens is 1. The first-order chi connectivity index (χ1) is 8.91. The average Bonchev–Trinajstić information content (AvgIpc) is 2.39. The Morgan fingerprint density at radius 2 is 1.58 bits per heavy atom. The molecule has 6 heteroatoms. The largest absolute Gasteiger partial charge is 0.369 e. The van der Waals surface area contributed by atoms with Crippen molar-refractivity contribution in [3.63, 3.8) is 0 Å². The number of sulfonamides is 1. The van der Waals surface area contributed by atoms with Crippen molar-refractivity contribution in [2.75, 3.05) is 31.1 Å². The summed E-state index contributed by atoms with van der Waals surface area (Å²) in [5, 5.41) is -0.384. The summed E-state index contributed by atoms with van der Waals surface area (Å²) in [6.07, 6.45) is 0. The summed E-state index contributed by atoms with van der Waals surface area (Å²) in [6, 6.07) is 6.29. The molecule has 1 heterocycles. The van der Waals surface area contributed by atoms with Crippen LogP contribution in [0.15, 0.2) is 24.3 Å². The summed E-state index contributed by atoms with van der Waals surface area (Å²) in [4.78, 5) is 2.08. The molecular formula is C13H19FN2O2S. The van der Waals surface area contributed by atoms with E-state index in [2.05, 4.69) is 4.90 Å². The third-order valence-corrected chi connectivity index (χ3v) is 5.66. The number of piperazine rings is 1. The van der Waals surface area contributed by atoms with Crippen LogP contribution in [0.4, 0.5) is 10.1 Å². The van der Waals surface area contributed by atoms with Gasteiger partial charge in [-0.2, -0.15) is 4.31 Å². The molecule has 19 heavy (non-hydrogen) atoms. The summed E-state index contributed by atoms with van der Waals surface area (Å²) >= 11 is 0. The van der Waals surface area contributed by atoms with Gasteiger partial charge in [0.25, 0.3) is 0 Å². The minimum absolute atomic E-state index is 0.259. The Labute approximate surface area is 113 Å². The second-order valence-corrected chi connectivity index (χ2v) is 7.45. The van der Waals surface area contributed by atoms with Gasteiger partial charge in [0.05, 0.1) is 5.25 Å². The maximum Gasteiger partial charge on any atom is 0.216 e. The number of benzene rings is 1. The highest BCUT2D eigenvalue weighted by atomic mass is 32.2. The van der Waals surface area contributed by atoms with Gasteiger partial charge >= 0.3 is 0 Å². The van der Waals surface area contributed by atoms with E-state index in [0.29, 0.717) is 26.2 Å². The molecule has 1 aromatic rings. The summed E-state index contributed by atoms with van der Waals surface area (Å²) in [7, 11) is -3.17. The molecule has 0 N–H and O–H groups in total. The lowest BCUT2D eigenvalue weighted by Crippen LogP contribution is -2.50. The summed E-state index contributed by atoms with van der Waals surface area (Å²) in [5.74, 6) is -0.259. The van der Waals surface area contributed by atoms with E-state index >= 15 is 0 Å². The molecule has 0 saturated carbocycles. The first-order valence-electron chi connectivity index (χ1n) is 6.41. The van der Waals surface area contributed by atoms with E-state index in [0.717, 1.165) is 5.69 Å². The van der Waals surface area contributed by atoms with Crippen LogP contribution in [0.5, 0.6) is 0 Å². The second-order valence-electron chi connectivity index (χ2n) is 4.96. The maximum absolute atomic E-state index is 12.9. The fraction of sp³-hybridized carbons (Fsp3) is 0.538. The molecule has 0 bridgehead atoms. The first-order valence-corrected chi connectivity index (χ1v) is 7.91. The van der Waals surface area contributed by atoms with Crippen LogP contribution in [0.1, 0.15) is 13.8 Å². The highest BCUT2D eigenvalue weighted by molar-refractivity contribution is 7.89. The van der Waals surface area contributed by atoms with E-state index in [-0.39, 0.29) is 11.1 Å². The van der Waals surface area contributed by atoms with Crippen molar-refractivity contribution in [1.82, 2.24) is 4.31 Å². The molecule has 0 aliphatic carbocycles. The van der Waals surface area contributed by atoms with E-state index in [1.165, 1.54) is 16.4 Å². The topological polar surface area (TPSA) is 40.6 Å². The number of anilines is 1. The molecule has 0 atom stereocenters. The Kier molecular flexibility index (Phi) is 4.10. The van der Waals surface area contributed by atoms with E-state index < -0.39 is 10.0 Å². The van der Waals surface area contributed by atoms with Gasteiger partial charge in [-0.3, -0.25) is 0 Å². The Hall–Kier alpha value is -1.14. The van der Waals surface area contributed by atoms with Crippen LogP contribution >= 0.6 is 0 Å². The van der Waals surface area contributed by atoms with Gasteiger partial charge < -0.3 is 4.90 Å². The zero-order valence-corrected chi connectivity index (χ0v) is 12.0. The third-order valence-electron chi connectivity index (χ3n) is 3.39. The van der Waals surface area contributed by atoms with Crippen LogP contribution in [0, 0.1) is 5.82 Å². The lowest BCUT2D eigenvalue weighted by Gasteiger charge is -2.36. The van der Waals surface area contributed by atoms with Gasteiger partial charge in [-0.1, -0.05) is 0 Å². The van der Waals surface area contributed by atoms with Crippen molar-refractivity contribution in [1.29, 1.82) is 0 Å². The summed E-state index contributed by atoms with van der Waals surface area (Å²) < 4.78 is 38.5. The van der Waals surface area contributed by atoms with Crippen LogP contribution in [0.3, 0.4) is 0 Å². The molecule has 0 unspecified atom stereocenters. The molecule has 106 valence electrons. The minimum atomic E-state index is -3.17. The molecule has 1 aromatic carbocycles. The average molecular weight is 286 g/mol. The van der Waals surface area contributed by atoms with Crippen molar-refractivity contribution >= 4 is 15.7 Å². The Bertz CT molecular complexity index is 520. The maximum atomic E-state index is 12.9. The number of rotatable bonds is 3. The van der Waals surface area contributed by atoms with Crippen molar-refractivity contribution < 1.29 is 12.8 Å². The van der Waals surface area contributed by atoms with E-state index in [1.54, 1.807) is 26.0 Å². The molecule has 1 aliphatic heterocycles. The van der Waals surface area contributed by atoms with Crippen LogP contribution in [0.25, 0.3) is 0 Å². The first kappa shape index (κ1) is 14.3. The highest BCUT2D eigenvalue weighted by Gasteiger charge is 2.29. The van der Waals surface area contributed by atoms with Crippen molar-refractivity contribution in [2.45, 2.75) is 19.1 Å². The lowest BCUT2D eigenvalue weighted by atomic mass is 10.2. The molecule has 0 amide bonds. The van der Waals surface area contributed by atoms with Gasteiger partial charge in [0, 0.05) is 31.9 Å². The van der Waals surface area contributed by atoms with Gasteiger partial charge in [0.1, 0.15) is 5.82 Å². The van der Waals surface area contributed by atoms with Crippen molar-refractivity contribution in [3.8, 4) is 0 Å². The molecular weight excluding hydrogens is 267 g/mol. The smallest absolute Gasteiger partial charge is 0.216 e. The van der Waals surface area contributed by atoms with Crippen LogP contribution in [-0.2, 0) is 10.0 Å². The molecule has 1 fully saturated rings. The molecule has 1 saturated heterocycles. The predicted molar refractivity (Wildman–Crippen MR) is 74.2 cm³/mol. The van der Waals surface area contributed by atoms with E-state index in [9.17, 15) is 12.8 Å². The fourth-order valence-corrected chi connectivity index (χ4v) is 3.42. The monoisotopic (exact) mass is 286 g/mol.